The van der Waals surface area contributed by atoms with Crippen LogP contribution in [0.2, 0.25) is 0 Å². The van der Waals surface area contributed by atoms with E-state index in [1.54, 1.807) is 0 Å². The lowest BCUT2D eigenvalue weighted by Crippen LogP contribution is -2.37. The van der Waals surface area contributed by atoms with Crippen molar-refractivity contribution in [3.63, 3.8) is 0 Å². The molecule has 0 saturated heterocycles. The van der Waals surface area contributed by atoms with Gasteiger partial charge in [0.15, 0.2) is 6.10 Å². The van der Waals surface area contributed by atoms with Gasteiger partial charge in [0.2, 0.25) is 0 Å². The third kappa shape index (κ3) is 86.5. The van der Waals surface area contributed by atoms with Crippen LogP contribution in [0.1, 0.15) is 284 Å². The molecule has 0 amide bonds. The summed E-state index contributed by atoms with van der Waals surface area (Å²) in [6.45, 7) is 3.97. The molecular formula is C96H150NO8P. The molecular weight excluding hydrogens is 1330 g/mol. The molecule has 10 heteroatoms. The van der Waals surface area contributed by atoms with Crippen LogP contribution in [0.3, 0.4) is 0 Å². The molecule has 0 aliphatic heterocycles. The molecule has 106 heavy (non-hydrogen) atoms. The number of allylic oxidation sites excluding steroid dienone is 42. The highest BCUT2D eigenvalue weighted by Gasteiger charge is 2.22. The van der Waals surface area contributed by atoms with Gasteiger partial charge in [0.05, 0.1) is 27.7 Å². The number of unbranched alkanes of at least 4 members (excludes halogenated alkanes) is 17. The second-order valence-electron chi connectivity index (χ2n) is 27.7. The van der Waals surface area contributed by atoms with E-state index in [1.165, 1.54) is 51.4 Å². The summed E-state index contributed by atoms with van der Waals surface area (Å²) in [6, 6.07) is 0. The standard InChI is InChI=1S/C96H150NO8P/c1-6-8-10-12-14-16-18-20-22-24-26-28-30-32-34-36-38-40-42-44-46-48-50-52-54-56-58-60-62-64-66-68-70-72-74-76-78-80-82-84-86-88-95(98)102-92-94(93-104-106(100,101)103-91-90-97(3,4)5)105-96(99)89-87-85-83-81-79-77-75-73-71-69-67-65-63-61-59-57-55-53-51-49-47-45-43-41-39-37-35-33-31-29-27-25-23-21-19-17-15-13-11-9-7-2/h8-11,14-17,20-23,26-29,32-35,38-41,44-47,50-53,56-59,62-65,69,71,94H,6-7,12-13,18-19,24-25,30-31,36-37,42-43,48-49,54-55,60-61,66-68,70,72-93H2,1-5H3/b10-8-,11-9-,16-14-,17-15-,22-20-,23-21-,28-26-,29-27-,34-32-,35-33-,40-38-,41-39-,46-44-,47-45-,52-50-,53-51-,58-56-,59-57-,64-62-,65-63-,71-69-. The highest BCUT2D eigenvalue weighted by atomic mass is 31.2. The predicted octanol–water partition coefficient (Wildman–Crippen LogP) is 27.8. The molecule has 0 aliphatic rings. The number of rotatable bonds is 73. The van der Waals surface area contributed by atoms with Gasteiger partial charge < -0.3 is 27.9 Å². The fraction of sp³-hybridized carbons (Fsp3) is 0.542. The first-order valence-corrected chi connectivity index (χ1v) is 42.9. The van der Waals surface area contributed by atoms with Gasteiger partial charge in [-0.2, -0.15) is 0 Å². The Kier molecular flexibility index (Phi) is 77.6. The van der Waals surface area contributed by atoms with Crippen molar-refractivity contribution in [3.8, 4) is 0 Å². The Balaban J connectivity index is 4.12. The molecule has 0 fully saturated rings. The van der Waals surface area contributed by atoms with Gasteiger partial charge in [-0.15, -0.1) is 0 Å². The van der Waals surface area contributed by atoms with Gasteiger partial charge in [-0.3, -0.25) is 14.2 Å². The van der Waals surface area contributed by atoms with Crippen LogP contribution in [0.25, 0.3) is 0 Å². The number of phosphoric ester groups is 1. The lowest BCUT2D eigenvalue weighted by atomic mass is 10.1. The van der Waals surface area contributed by atoms with Crippen molar-refractivity contribution in [2.45, 2.75) is 290 Å². The number of likely N-dealkylation sites (N-methyl/N-ethyl adjacent to an activating group) is 1. The Labute approximate surface area is 650 Å². The number of quaternary nitrogens is 1. The number of nitrogens with zero attached hydrogens (tertiary/aromatic N) is 1. The highest BCUT2D eigenvalue weighted by molar-refractivity contribution is 7.45. The van der Waals surface area contributed by atoms with Crippen LogP contribution < -0.4 is 4.89 Å². The maximum absolute atomic E-state index is 12.9. The molecule has 0 radical (unpaired) electrons. The van der Waals surface area contributed by atoms with Gasteiger partial charge in [0.1, 0.15) is 19.8 Å². The van der Waals surface area contributed by atoms with Crippen LogP contribution in [0.15, 0.2) is 255 Å². The van der Waals surface area contributed by atoms with Gasteiger partial charge in [-0.1, -0.05) is 353 Å². The molecule has 0 rings (SSSR count). The number of esters is 2. The molecule has 0 saturated carbocycles. The lowest BCUT2D eigenvalue weighted by molar-refractivity contribution is -0.870. The zero-order chi connectivity index (χ0) is 76.8. The Morgan fingerprint density at radius 2 is 0.509 bits per heavy atom. The van der Waals surface area contributed by atoms with E-state index in [0.29, 0.717) is 23.9 Å². The summed E-state index contributed by atoms with van der Waals surface area (Å²) in [7, 11) is 1.12. The second-order valence-corrected chi connectivity index (χ2v) is 29.1. The molecule has 0 spiro atoms. The van der Waals surface area contributed by atoms with E-state index in [4.69, 9.17) is 18.5 Å². The topological polar surface area (TPSA) is 111 Å². The van der Waals surface area contributed by atoms with Crippen molar-refractivity contribution in [1.29, 1.82) is 0 Å². The maximum Gasteiger partial charge on any atom is 0.306 e. The predicted molar refractivity (Wildman–Crippen MR) is 460 cm³/mol. The molecule has 0 bridgehead atoms. The molecule has 592 valence electrons. The average molecular weight is 1480 g/mol. The minimum Gasteiger partial charge on any atom is -0.756 e. The Morgan fingerprint density at radius 1 is 0.292 bits per heavy atom. The number of carbonyl (C=O) groups is 2. The van der Waals surface area contributed by atoms with Gasteiger partial charge in [-0.25, -0.2) is 0 Å². The van der Waals surface area contributed by atoms with Crippen molar-refractivity contribution in [1.82, 2.24) is 0 Å². The van der Waals surface area contributed by atoms with Crippen molar-refractivity contribution >= 4 is 19.8 Å². The van der Waals surface area contributed by atoms with E-state index >= 15 is 0 Å². The van der Waals surface area contributed by atoms with Crippen molar-refractivity contribution in [2.24, 2.45) is 0 Å². The summed E-state index contributed by atoms with van der Waals surface area (Å²) in [6.07, 6.45) is 135. The van der Waals surface area contributed by atoms with E-state index in [9.17, 15) is 19.0 Å². The Hall–Kier alpha value is -6.45. The monoisotopic (exact) mass is 1480 g/mol. The molecule has 2 unspecified atom stereocenters. The summed E-state index contributed by atoms with van der Waals surface area (Å²) in [5.74, 6) is -0.866. The van der Waals surface area contributed by atoms with Crippen LogP contribution in [-0.4, -0.2) is 70.0 Å². The zero-order valence-electron chi connectivity index (χ0n) is 67.5. The molecule has 0 aliphatic carbocycles. The number of phosphoric acid groups is 1. The molecule has 0 aromatic heterocycles. The van der Waals surface area contributed by atoms with Gasteiger partial charge in [-0.05, 0) is 173 Å². The lowest BCUT2D eigenvalue weighted by Gasteiger charge is -2.28. The zero-order valence-corrected chi connectivity index (χ0v) is 68.4. The first-order valence-electron chi connectivity index (χ1n) is 41.4. The largest absolute Gasteiger partial charge is 0.756 e. The number of hydrogen-bond donors (Lipinski definition) is 0. The van der Waals surface area contributed by atoms with E-state index in [0.717, 1.165) is 193 Å². The summed E-state index contributed by atoms with van der Waals surface area (Å²) in [5.41, 5.74) is 0. The highest BCUT2D eigenvalue weighted by Crippen LogP contribution is 2.38. The van der Waals surface area contributed by atoms with Crippen LogP contribution in [-0.2, 0) is 32.7 Å². The Bertz CT molecular complexity index is 2750. The normalized spacial score (nSPS) is 14.4. The summed E-state index contributed by atoms with van der Waals surface area (Å²) < 4.78 is 34.4. The third-order valence-corrected chi connectivity index (χ3v) is 17.5. The van der Waals surface area contributed by atoms with Gasteiger partial charge in [0, 0.05) is 12.8 Å². The van der Waals surface area contributed by atoms with Crippen LogP contribution in [0.4, 0.5) is 0 Å². The van der Waals surface area contributed by atoms with Crippen LogP contribution >= 0.6 is 7.82 Å². The van der Waals surface area contributed by atoms with E-state index in [-0.39, 0.29) is 26.1 Å². The quantitative estimate of drug-likeness (QED) is 0.0195. The average Bonchev–Trinajstić information content (AvgIpc) is 0.908. The molecule has 0 aromatic rings. The first kappa shape index (κ1) is 99.6. The SMILES string of the molecule is CC/C=C\C/C=C\C/C=C\C/C=C\C/C=C\C/C=C\C/C=C\C/C=C\C/C=C\C/C=C\C/C=C\CCCCCCCCCC(=O)OC(COC(=O)CCCCCCCCCCCC/C=C\C/C=C\C/C=C\C/C=C\C/C=C\C/C=C\C/C=C\C/C=C\C/C=C\C/C=C\CC)COP(=O)([O-])OCC[N+](C)(C)C. The molecule has 0 heterocycles. The fourth-order valence-corrected chi connectivity index (χ4v) is 11.1. The van der Waals surface area contributed by atoms with E-state index < -0.39 is 32.5 Å². The van der Waals surface area contributed by atoms with Crippen LogP contribution in [0.5, 0.6) is 0 Å². The first-order chi connectivity index (χ1) is 52.0. The molecule has 0 N–H and O–H groups in total. The summed E-state index contributed by atoms with van der Waals surface area (Å²) in [4.78, 5) is 38.2. The van der Waals surface area contributed by atoms with Crippen molar-refractivity contribution in [2.75, 3.05) is 47.5 Å². The van der Waals surface area contributed by atoms with Gasteiger partial charge >= 0.3 is 11.9 Å². The van der Waals surface area contributed by atoms with E-state index in [1.807, 2.05) is 21.1 Å². The minimum atomic E-state index is -4.67. The van der Waals surface area contributed by atoms with Gasteiger partial charge in [0.25, 0.3) is 7.82 Å². The number of carbonyl (C=O) groups excluding carboxylic acids is 2. The Morgan fingerprint density at radius 3 is 0.755 bits per heavy atom. The summed E-state index contributed by atoms with van der Waals surface area (Å²) >= 11 is 0. The summed E-state index contributed by atoms with van der Waals surface area (Å²) in [5, 5.41) is 0. The second kappa shape index (κ2) is 82.6. The fourth-order valence-electron chi connectivity index (χ4n) is 10.3. The van der Waals surface area contributed by atoms with Crippen LogP contribution in [0, 0.1) is 0 Å². The number of ether oxygens (including phenoxy) is 2. The molecule has 2 atom stereocenters. The molecule has 0 aromatic carbocycles. The number of hydrogen-bond acceptors (Lipinski definition) is 8. The molecule has 9 nitrogen and oxygen atoms in total. The van der Waals surface area contributed by atoms with E-state index in [2.05, 4.69) is 269 Å². The maximum atomic E-state index is 12.9. The minimum absolute atomic E-state index is 0.0467. The third-order valence-electron chi connectivity index (χ3n) is 16.6. The van der Waals surface area contributed by atoms with Crippen molar-refractivity contribution < 1.29 is 42.1 Å². The van der Waals surface area contributed by atoms with Crippen molar-refractivity contribution in [3.05, 3.63) is 255 Å². The smallest absolute Gasteiger partial charge is 0.306 e.